The average Bonchev–Trinajstić information content (AvgIpc) is 2.86. The van der Waals surface area contributed by atoms with Crippen LogP contribution in [0.3, 0.4) is 0 Å². The molecule has 0 atom stereocenters. The van der Waals surface area contributed by atoms with E-state index in [-0.39, 0.29) is 0 Å². The van der Waals surface area contributed by atoms with Crippen molar-refractivity contribution in [2.24, 2.45) is 0 Å². The third kappa shape index (κ3) is 3.49. The van der Waals surface area contributed by atoms with Crippen LogP contribution in [0.1, 0.15) is 13.8 Å². The lowest BCUT2D eigenvalue weighted by atomic mass is 9.87. The van der Waals surface area contributed by atoms with E-state index in [1.165, 1.54) is 48.7 Å². The molecule has 0 amide bonds. The van der Waals surface area contributed by atoms with Crippen molar-refractivity contribution in [3.63, 3.8) is 0 Å². The van der Waals surface area contributed by atoms with Crippen LogP contribution in [0.2, 0.25) is 0 Å². The van der Waals surface area contributed by atoms with Crippen molar-refractivity contribution in [1.29, 1.82) is 0 Å². The fourth-order valence-electron chi connectivity index (χ4n) is 4.74. The van der Waals surface area contributed by atoms with Crippen molar-refractivity contribution in [3.05, 3.63) is 101 Å². The highest BCUT2D eigenvalue weighted by Crippen LogP contribution is 2.33. The van der Waals surface area contributed by atoms with Gasteiger partial charge in [-0.2, -0.15) is 0 Å². The van der Waals surface area contributed by atoms with Gasteiger partial charge in [-0.05, 0) is 86.3 Å². The van der Waals surface area contributed by atoms with Gasteiger partial charge in [0.2, 0.25) is 0 Å². The van der Waals surface area contributed by atoms with Crippen LogP contribution in [-0.4, -0.2) is 0 Å². The molecular weight excluding hydrogens is 503 g/mol. The molecule has 0 bridgehead atoms. The Hall–Kier alpha value is -3.11. The number of hydrogen-bond donors (Lipinski definition) is 0. The summed E-state index contributed by atoms with van der Waals surface area (Å²) in [4.78, 5) is 0. The molecule has 0 heterocycles. The number of hydrogen-bond acceptors (Lipinski definition) is 1. The maximum atomic E-state index is 5.50. The molecular formula is C30H23IO. The van der Waals surface area contributed by atoms with Gasteiger partial charge in [-0.1, -0.05) is 84.9 Å². The second-order valence-corrected chi connectivity index (χ2v) is 8.31. The van der Waals surface area contributed by atoms with Crippen molar-refractivity contribution in [2.75, 3.05) is 0 Å². The zero-order chi connectivity index (χ0) is 22.1. The lowest BCUT2D eigenvalue weighted by Gasteiger charge is -2.16. The van der Waals surface area contributed by atoms with Crippen LogP contribution in [0, 0.1) is 0 Å². The minimum Gasteiger partial charge on any atom is -0.428 e. The SMILES string of the molecule is C/C=c1/c(-c2cccc(OI)c2)c2ccccc2c(-c2ccc3ccccc3c2)/c1=C/C. The van der Waals surface area contributed by atoms with Gasteiger partial charge in [-0.15, -0.1) is 0 Å². The molecule has 2 heteroatoms. The van der Waals surface area contributed by atoms with E-state index >= 15 is 0 Å². The Balaban J connectivity index is 1.94. The molecule has 0 saturated carbocycles. The summed E-state index contributed by atoms with van der Waals surface area (Å²) >= 11 is 1.95. The van der Waals surface area contributed by atoms with Crippen molar-refractivity contribution in [1.82, 2.24) is 0 Å². The normalized spacial score (nSPS) is 12.6. The minimum absolute atomic E-state index is 0.856. The molecule has 5 aromatic carbocycles. The largest absolute Gasteiger partial charge is 0.428 e. The monoisotopic (exact) mass is 526 g/mol. The lowest BCUT2D eigenvalue weighted by molar-refractivity contribution is 0.717. The number of halogens is 1. The van der Waals surface area contributed by atoms with Gasteiger partial charge in [-0.25, -0.2) is 0 Å². The Morgan fingerprint density at radius 3 is 1.81 bits per heavy atom. The van der Waals surface area contributed by atoms with Crippen LogP contribution >= 0.6 is 23.0 Å². The predicted octanol–water partition coefficient (Wildman–Crippen LogP) is 7.66. The molecule has 0 aliphatic heterocycles. The van der Waals surface area contributed by atoms with E-state index in [9.17, 15) is 0 Å². The van der Waals surface area contributed by atoms with E-state index in [2.05, 4.69) is 111 Å². The predicted molar refractivity (Wildman–Crippen MR) is 147 cm³/mol. The maximum absolute atomic E-state index is 5.50. The first kappa shape index (κ1) is 20.8. The first-order chi connectivity index (χ1) is 15.7. The number of benzene rings is 5. The molecule has 0 N–H and O–H groups in total. The maximum Gasteiger partial charge on any atom is 0.192 e. The van der Waals surface area contributed by atoms with Crippen LogP contribution in [0.25, 0.3) is 56.0 Å². The summed E-state index contributed by atoms with van der Waals surface area (Å²) in [5, 5.41) is 7.54. The van der Waals surface area contributed by atoms with Gasteiger partial charge in [0, 0.05) is 0 Å². The number of rotatable bonds is 3. The standard InChI is InChI=1S/C30H23IO/c1-3-25-26(4-2)30(23-17-16-20-10-5-6-11-21(20)18-23)28-15-8-7-14-27(28)29(25)22-12-9-13-24(19-22)32-31/h3-19H,1-2H3/b25-3+,26-4+. The van der Waals surface area contributed by atoms with Crippen LogP contribution in [0.5, 0.6) is 5.75 Å². The van der Waals surface area contributed by atoms with Gasteiger partial charge in [0.05, 0.1) is 0 Å². The van der Waals surface area contributed by atoms with E-state index in [0.29, 0.717) is 0 Å². The van der Waals surface area contributed by atoms with Gasteiger partial charge in [0.1, 0.15) is 5.75 Å². The highest BCUT2D eigenvalue weighted by molar-refractivity contribution is 14.1. The average molecular weight is 526 g/mol. The molecule has 5 aromatic rings. The van der Waals surface area contributed by atoms with Crippen molar-refractivity contribution in [2.45, 2.75) is 13.8 Å². The zero-order valence-corrected chi connectivity index (χ0v) is 20.3. The van der Waals surface area contributed by atoms with Crippen LogP contribution in [-0.2, 0) is 0 Å². The molecule has 32 heavy (non-hydrogen) atoms. The summed E-state index contributed by atoms with van der Waals surface area (Å²) in [5.41, 5.74) is 4.94. The molecule has 0 radical (unpaired) electrons. The summed E-state index contributed by atoms with van der Waals surface area (Å²) in [7, 11) is 0. The molecule has 0 aliphatic rings. The molecule has 0 saturated heterocycles. The highest BCUT2D eigenvalue weighted by Gasteiger charge is 2.14. The van der Waals surface area contributed by atoms with Gasteiger partial charge >= 0.3 is 0 Å². The first-order valence-electron chi connectivity index (χ1n) is 10.8. The second kappa shape index (κ2) is 8.79. The molecule has 0 unspecified atom stereocenters. The molecule has 5 rings (SSSR count). The van der Waals surface area contributed by atoms with Gasteiger partial charge in [0.25, 0.3) is 0 Å². The lowest BCUT2D eigenvalue weighted by Crippen LogP contribution is -2.29. The van der Waals surface area contributed by atoms with Crippen molar-refractivity contribution >= 4 is 56.7 Å². The fourth-order valence-corrected chi connectivity index (χ4v) is 5.02. The van der Waals surface area contributed by atoms with Crippen molar-refractivity contribution in [3.8, 4) is 28.0 Å². The summed E-state index contributed by atoms with van der Waals surface area (Å²) < 4.78 is 5.50. The van der Waals surface area contributed by atoms with E-state index in [1.807, 2.05) is 29.1 Å². The molecule has 1 nitrogen and oxygen atoms in total. The molecule has 156 valence electrons. The summed E-state index contributed by atoms with van der Waals surface area (Å²) in [5.74, 6) is 0.856. The van der Waals surface area contributed by atoms with Crippen LogP contribution in [0.4, 0.5) is 0 Å². The molecule has 0 aromatic heterocycles. The molecule has 0 aliphatic carbocycles. The smallest absolute Gasteiger partial charge is 0.192 e. The third-order valence-corrected chi connectivity index (χ3v) is 6.63. The Kier molecular flexibility index (Phi) is 5.71. The van der Waals surface area contributed by atoms with E-state index < -0.39 is 0 Å². The molecule has 0 spiro atoms. The van der Waals surface area contributed by atoms with Gasteiger partial charge in [-0.3, -0.25) is 0 Å². The molecule has 0 fully saturated rings. The summed E-state index contributed by atoms with van der Waals surface area (Å²) in [6.07, 6.45) is 4.48. The Morgan fingerprint density at radius 2 is 1.19 bits per heavy atom. The first-order valence-corrected chi connectivity index (χ1v) is 11.7. The van der Waals surface area contributed by atoms with Crippen LogP contribution in [0.15, 0.2) is 91.0 Å². The van der Waals surface area contributed by atoms with E-state index in [0.717, 1.165) is 11.3 Å². The van der Waals surface area contributed by atoms with E-state index in [1.54, 1.807) is 0 Å². The zero-order valence-electron chi connectivity index (χ0n) is 18.1. The quantitative estimate of drug-likeness (QED) is 0.220. The minimum atomic E-state index is 0.856. The van der Waals surface area contributed by atoms with Gasteiger partial charge in [0.15, 0.2) is 23.0 Å². The third-order valence-electron chi connectivity index (χ3n) is 6.12. The van der Waals surface area contributed by atoms with Crippen LogP contribution < -0.4 is 13.5 Å². The highest BCUT2D eigenvalue weighted by atomic mass is 127. The second-order valence-electron chi connectivity index (χ2n) is 7.87. The Labute approximate surface area is 202 Å². The Morgan fingerprint density at radius 1 is 0.594 bits per heavy atom. The van der Waals surface area contributed by atoms with Gasteiger partial charge < -0.3 is 3.07 Å². The fraction of sp³-hybridized carbons (Fsp3) is 0.0667. The Bertz CT molecular complexity index is 1580. The topological polar surface area (TPSA) is 9.23 Å². The summed E-state index contributed by atoms with van der Waals surface area (Å²) in [6, 6.07) is 32.4. The number of fused-ring (bicyclic) bond motifs is 2. The van der Waals surface area contributed by atoms with E-state index in [4.69, 9.17) is 3.07 Å². The van der Waals surface area contributed by atoms with Crippen molar-refractivity contribution < 1.29 is 3.07 Å². The summed E-state index contributed by atoms with van der Waals surface area (Å²) in [6.45, 7) is 4.26.